The Bertz CT molecular complexity index is 210. The van der Waals surface area contributed by atoms with Crippen LogP contribution in [-0.2, 0) is 12.8 Å². The van der Waals surface area contributed by atoms with Gasteiger partial charge in [0.1, 0.15) is 0 Å². The summed E-state index contributed by atoms with van der Waals surface area (Å²) in [7, 11) is 0. The molecule has 0 atom stereocenters. The SMILES string of the molecule is OCCCc1ccc(CCCO)s1. The van der Waals surface area contributed by atoms with E-state index in [-0.39, 0.29) is 13.2 Å². The largest absolute Gasteiger partial charge is 0.396 e. The van der Waals surface area contributed by atoms with Gasteiger partial charge in [-0.3, -0.25) is 0 Å². The van der Waals surface area contributed by atoms with E-state index in [1.807, 2.05) is 0 Å². The van der Waals surface area contributed by atoms with Crippen LogP contribution in [0.15, 0.2) is 12.1 Å². The van der Waals surface area contributed by atoms with E-state index in [9.17, 15) is 0 Å². The van der Waals surface area contributed by atoms with Crippen LogP contribution in [0, 0.1) is 0 Å². The number of hydrogen-bond donors (Lipinski definition) is 2. The highest BCUT2D eigenvalue weighted by atomic mass is 32.1. The first-order valence-corrected chi connectivity index (χ1v) is 5.47. The molecular formula is C10H16O2S. The number of aliphatic hydroxyl groups excluding tert-OH is 2. The van der Waals surface area contributed by atoms with Crippen LogP contribution in [0.1, 0.15) is 22.6 Å². The van der Waals surface area contributed by atoms with Gasteiger partial charge in [-0.2, -0.15) is 0 Å². The van der Waals surface area contributed by atoms with E-state index >= 15 is 0 Å². The first-order chi connectivity index (χ1) is 6.36. The van der Waals surface area contributed by atoms with E-state index in [1.165, 1.54) is 9.75 Å². The number of aliphatic hydroxyl groups is 2. The van der Waals surface area contributed by atoms with Crippen molar-refractivity contribution >= 4 is 11.3 Å². The van der Waals surface area contributed by atoms with Gasteiger partial charge in [0.05, 0.1) is 0 Å². The highest BCUT2D eigenvalue weighted by Crippen LogP contribution is 2.19. The van der Waals surface area contributed by atoms with Gasteiger partial charge >= 0.3 is 0 Å². The van der Waals surface area contributed by atoms with Crippen molar-refractivity contribution in [1.29, 1.82) is 0 Å². The standard InChI is InChI=1S/C10H16O2S/c11-7-1-3-9-5-6-10(13-9)4-2-8-12/h5-6,11-12H,1-4,7-8H2. The lowest BCUT2D eigenvalue weighted by molar-refractivity contribution is 0.289. The minimum Gasteiger partial charge on any atom is -0.396 e. The van der Waals surface area contributed by atoms with Crippen molar-refractivity contribution in [3.8, 4) is 0 Å². The number of thiophene rings is 1. The predicted octanol–water partition coefficient (Wildman–Crippen LogP) is 1.60. The molecule has 0 aliphatic carbocycles. The summed E-state index contributed by atoms with van der Waals surface area (Å²) < 4.78 is 0. The van der Waals surface area contributed by atoms with E-state index in [0.29, 0.717) is 0 Å². The molecule has 0 aromatic carbocycles. The van der Waals surface area contributed by atoms with Gasteiger partial charge in [0, 0.05) is 23.0 Å². The molecule has 13 heavy (non-hydrogen) atoms. The second-order valence-corrected chi connectivity index (χ2v) is 4.28. The zero-order valence-corrected chi connectivity index (χ0v) is 8.52. The maximum absolute atomic E-state index is 8.65. The molecule has 0 saturated heterocycles. The molecule has 0 aliphatic heterocycles. The van der Waals surface area contributed by atoms with Crippen molar-refractivity contribution in [2.45, 2.75) is 25.7 Å². The van der Waals surface area contributed by atoms with Gasteiger partial charge in [0.2, 0.25) is 0 Å². The molecule has 0 spiro atoms. The van der Waals surface area contributed by atoms with Crippen LogP contribution < -0.4 is 0 Å². The van der Waals surface area contributed by atoms with Gasteiger partial charge < -0.3 is 10.2 Å². The average Bonchev–Trinajstić information content (AvgIpc) is 2.59. The quantitative estimate of drug-likeness (QED) is 0.732. The minimum atomic E-state index is 0.268. The molecule has 1 rings (SSSR count). The van der Waals surface area contributed by atoms with Crippen LogP contribution in [0.25, 0.3) is 0 Å². The summed E-state index contributed by atoms with van der Waals surface area (Å²) in [6.07, 6.45) is 3.64. The van der Waals surface area contributed by atoms with E-state index in [1.54, 1.807) is 11.3 Å². The third-order valence-corrected chi connectivity index (χ3v) is 3.08. The number of hydrogen-bond acceptors (Lipinski definition) is 3. The van der Waals surface area contributed by atoms with E-state index in [2.05, 4.69) is 12.1 Å². The van der Waals surface area contributed by atoms with Crippen LogP contribution in [0.4, 0.5) is 0 Å². The van der Waals surface area contributed by atoms with E-state index in [0.717, 1.165) is 25.7 Å². The summed E-state index contributed by atoms with van der Waals surface area (Å²) in [6.45, 7) is 0.535. The molecule has 0 radical (unpaired) electrons. The Balaban J connectivity index is 2.34. The molecule has 0 aliphatic rings. The molecule has 0 fully saturated rings. The second kappa shape index (κ2) is 6.13. The lowest BCUT2D eigenvalue weighted by atomic mass is 10.2. The fourth-order valence-corrected chi connectivity index (χ4v) is 2.30. The summed E-state index contributed by atoms with van der Waals surface area (Å²) in [5.74, 6) is 0. The van der Waals surface area contributed by atoms with Crippen LogP contribution in [0.3, 0.4) is 0 Å². The topological polar surface area (TPSA) is 40.5 Å². The van der Waals surface area contributed by atoms with Crippen molar-refractivity contribution in [3.05, 3.63) is 21.9 Å². The minimum absolute atomic E-state index is 0.268. The van der Waals surface area contributed by atoms with Crippen LogP contribution in [-0.4, -0.2) is 23.4 Å². The van der Waals surface area contributed by atoms with Crippen molar-refractivity contribution in [3.63, 3.8) is 0 Å². The van der Waals surface area contributed by atoms with Crippen LogP contribution in [0.5, 0.6) is 0 Å². The maximum atomic E-state index is 8.65. The van der Waals surface area contributed by atoms with Crippen molar-refractivity contribution in [2.24, 2.45) is 0 Å². The fraction of sp³-hybridized carbons (Fsp3) is 0.600. The summed E-state index contributed by atoms with van der Waals surface area (Å²) in [4.78, 5) is 2.67. The molecule has 0 bridgehead atoms. The number of aryl methyl sites for hydroxylation is 2. The Morgan fingerprint density at radius 2 is 1.38 bits per heavy atom. The van der Waals surface area contributed by atoms with Crippen molar-refractivity contribution in [2.75, 3.05) is 13.2 Å². The monoisotopic (exact) mass is 200 g/mol. The normalized spacial score (nSPS) is 10.6. The van der Waals surface area contributed by atoms with E-state index < -0.39 is 0 Å². The van der Waals surface area contributed by atoms with Crippen LogP contribution >= 0.6 is 11.3 Å². The summed E-state index contributed by atoms with van der Waals surface area (Å²) in [6, 6.07) is 4.24. The Morgan fingerprint density at radius 1 is 0.923 bits per heavy atom. The Labute approximate surface area is 82.8 Å². The average molecular weight is 200 g/mol. The molecule has 0 amide bonds. The van der Waals surface area contributed by atoms with Gasteiger partial charge in [0.25, 0.3) is 0 Å². The van der Waals surface area contributed by atoms with Gasteiger partial charge in [-0.15, -0.1) is 11.3 Å². The highest BCUT2D eigenvalue weighted by molar-refractivity contribution is 7.11. The Hall–Kier alpha value is -0.380. The lowest BCUT2D eigenvalue weighted by Crippen LogP contribution is -1.86. The molecule has 2 nitrogen and oxygen atoms in total. The zero-order valence-electron chi connectivity index (χ0n) is 7.70. The van der Waals surface area contributed by atoms with Crippen molar-refractivity contribution in [1.82, 2.24) is 0 Å². The van der Waals surface area contributed by atoms with Gasteiger partial charge in [-0.1, -0.05) is 0 Å². The lowest BCUT2D eigenvalue weighted by Gasteiger charge is -1.93. The molecular weight excluding hydrogens is 184 g/mol. The maximum Gasteiger partial charge on any atom is 0.0434 e. The Kier molecular flexibility index (Phi) is 5.05. The molecule has 3 heteroatoms. The highest BCUT2D eigenvalue weighted by Gasteiger charge is 1.99. The molecule has 1 aromatic rings. The van der Waals surface area contributed by atoms with Crippen molar-refractivity contribution < 1.29 is 10.2 Å². The Morgan fingerprint density at radius 3 is 1.77 bits per heavy atom. The van der Waals surface area contributed by atoms with Gasteiger partial charge in [-0.05, 0) is 37.8 Å². The second-order valence-electron chi connectivity index (χ2n) is 3.02. The first-order valence-electron chi connectivity index (χ1n) is 4.66. The van der Waals surface area contributed by atoms with Gasteiger partial charge in [-0.25, -0.2) is 0 Å². The van der Waals surface area contributed by atoms with Crippen LogP contribution in [0.2, 0.25) is 0 Å². The van der Waals surface area contributed by atoms with E-state index in [4.69, 9.17) is 10.2 Å². The molecule has 1 aromatic heterocycles. The molecule has 0 unspecified atom stereocenters. The third kappa shape index (κ3) is 3.89. The first kappa shape index (κ1) is 10.7. The third-order valence-electron chi connectivity index (χ3n) is 1.88. The predicted molar refractivity (Wildman–Crippen MR) is 55.1 cm³/mol. The summed E-state index contributed by atoms with van der Waals surface area (Å²) >= 11 is 1.79. The molecule has 2 N–H and O–H groups in total. The molecule has 74 valence electrons. The fourth-order valence-electron chi connectivity index (χ4n) is 1.20. The molecule has 1 heterocycles. The zero-order chi connectivity index (χ0) is 9.52. The number of rotatable bonds is 6. The van der Waals surface area contributed by atoms with Gasteiger partial charge in [0.15, 0.2) is 0 Å². The molecule has 0 saturated carbocycles. The summed E-state index contributed by atoms with van der Waals surface area (Å²) in [5.41, 5.74) is 0. The smallest absolute Gasteiger partial charge is 0.0434 e. The summed E-state index contributed by atoms with van der Waals surface area (Å²) in [5, 5.41) is 17.3.